The van der Waals surface area contributed by atoms with E-state index in [-0.39, 0.29) is 19.6 Å². The van der Waals surface area contributed by atoms with Gasteiger partial charge >= 0.3 is 0 Å². The molecule has 0 bridgehead atoms. The minimum absolute atomic E-state index is 0.174. The summed E-state index contributed by atoms with van der Waals surface area (Å²) >= 11 is 0. The maximum atomic E-state index is 12.9. The molecule has 4 aromatic carbocycles. The van der Waals surface area contributed by atoms with E-state index in [9.17, 15) is 16.8 Å². The van der Waals surface area contributed by atoms with Crippen LogP contribution in [-0.4, -0.2) is 16.8 Å². The topological polar surface area (TPSA) is 68.3 Å². The predicted octanol–water partition coefficient (Wildman–Crippen LogP) is 5.12. The van der Waals surface area contributed by atoms with Gasteiger partial charge in [0.1, 0.15) is 0 Å². The number of fused-ring (bicyclic) bond motifs is 1. The van der Waals surface area contributed by atoms with Gasteiger partial charge in [-0.15, -0.1) is 0 Å². The third-order valence-corrected chi connectivity index (χ3v) is 8.60. The molecular formula is C24H20O4S2. The highest BCUT2D eigenvalue weighted by molar-refractivity contribution is 7.91. The van der Waals surface area contributed by atoms with Crippen molar-refractivity contribution in [2.75, 3.05) is 0 Å². The molecule has 0 saturated heterocycles. The Balaban J connectivity index is 1.76. The van der Waals surface area contributed by atoms with Gasteiger partial charge in [0.15, 0.2) is 0 Å². The third kappa shape index (κ3) is 3.64. The minimum atomic E-state index is -3.65. The summed E-state index contributed by atoms with van der Waals surface area (Å²) in [6.45, 7) is 3.79. The number of hydrogen-bond donors (Lipinski definition) is 0. The highest BCUT2D eigenvalue weighted by Crippen LogP contribution is 2.28. The molecule has 4 nitrogen and oxygen atoms in total. The summed E-state index contributed by atoms with van der Waals surface area (Å²) in [7, 11) is -7.30. The lowest BCUT2D eigenvalue weighted by molar-refractivity contribution is 0.594. The fraction of sp³-hybridized carbons (Fsp3) is 0.0833. The molecule has 0 unspecified atom stereocenters. The Kier molecular flexibility index (Phi) is 5.00. The van der Waals surface area contributed by atoms with Crippen molar-refractivity contribution in [1.29, 1.82) is 0 Å². The first-order chi connectivity index (χ1) is 14.2. The van der Waals surface area contributed by atoms with Gasteiger partial charge in [0, 0.05) is 0 Å². The summed E-state index contributed by atoms with van der Waals surface area (Å²) in [6, 6.07) is 22.9. The van der Waals surface area contributed by atoms with Crippen molar-refractivity contribution in [1.82, 2.24) is 0 Å². The summed E-state index contributed by atoms with van der Waals surface area (Å²) in [4.78, 5) is 0.804. The van der Waals surface area contributed by atoms with E-state index in [1.54, 1.807) is 72.8 Å². The van der Waals surface area contributed by atoms with E-state index >= 15 is 0 Å². The molecule has 0 aliphatic rings. The second kappa shape index (κ2) is 7.38. The molecule has 0 N–H and O–H groups in total. The molecule has 0 spiro atoms. The smallest absolute Gasteiger partial charge is 0.206 e. The number of sulfone groups is 2. The third-order valence-electron chi connectivity index (χ3n) is 5.07. The fourth-order valence-electron chi connectivity index (χ4n) is 3.24. The monoisotopic (exact) mass is 436 g/mol. The summed E-state index contributed by atoms with van der Waals surface area (Å²) in [5.74, 6) is 0. The zero-order chi connectivity index (χ0) is 21.5. The molecule has 0 fully saturated rings. The highest BCUT2D eigenvalue weighted by Gasteiger charge is 2.20. The van der Waals surface area contributed by atoms with E-state index < -0.39 is 19.7 Å². The van der Waals surface area contributed by atoms with Gasteiger partial charge in [-0.05, 0) is 73.2 Å². The number of aryl methyl sites for hydroxylation is 2. The van der Waals surface area contributed by atoms with Crippen molar-refractivity contribution in [3.8, 4) is 0 Å². The van der Waals surface area contributed by atoms with Crippen LogP contribution in [0.3, 0.4) is 0 Å². The first-order valence-electron chi connectivity index (χ1n) is 9.35. The standard InChI is InChI=1S/C24H20O4S2/c1-17-3-9-21(10-4-17)29(25,26)23-13-7-20-16-24(14-8-19(20)15-23)30(27,28)22-11-5-18(2)6-12-22/h3-16H,1-2H3. The van der Waals surface area contributed by atoms with Crippen LogP contribution in [0.2, 0.25) is 0 Å². The minimum Gasteiger partial charge on any atom is -0.219 e. The lowest BCUT2D eigenvalue weighted by atomic mass is 10.1. The zero-order valence-electron chi connectivity index (χ0n) is 16.5. The van der Waals surface area contributed by atoms with Gasteiger partial charge in [0.25, 0.3) is 0 Å². The van der Waals surface area contributed by atoms with Crippen LogP contribution in [-0.2, 0) is 19.7 Å². The van der Waals surface area contributed by atoms with Crippen LogP contribution in [0, 0.1) is 13.8 Å². The largest absolute Gasteiger partial charge is 0.219 e. The Bertz CT molecular complexity index is 1340. The normalized spacial score (nSPS) is 12.2. The Hall–Kier alpha value is -2.96. The second-order valence-corrected chi connectivity index (χ2v) is 11.2. The molecule has 152 valence electrons. The molecule has 0 amide bonds. The summed E-state index contributed by atoms with van der Waals surface area (Å²) in [5.41, 5.74) is 1.96. The van der Waals surface area contributed by atoms with Gasteiger partial charge in [0.05, 0.1) is 19.6 Å². The molecule has 4 rings (SSSR count). The van der Waals surface area contributed by atoms with E-state index in [4.69, 9.17) is 0 Å². The average molecular weight is 437 g/mol. The Labute approximate surface area is 176 Å². The molecule has 0 aliphatic carbocycles. The molecule has 0 heterocycles. The summed E-state index contributed by atoms with van der Waals surface area (Å²) < 4.78 is 51.7. The molecule has 30 heavy (non-hydrogen) atoms. The summed E-state index contributed by atoms with van der Waals surface area (Å²) in [5, 5.41) is 1.32. The van der Waals surface area contributed by atoms with Gasteiger partial charge in [-0.25, -0.2) is 16.8 Å². The van der Waals surface area contributed by atoms with Crippen LogP contribution >= 0.6 is 0 Å². The van der Waals surface area contributed by atoms with Crippen LogP contribution in [0.4, 0.5) is 0 Å². The van der Waals surface area contributed by atoms with Gasteiger partial charge in [-0.3, -0.25) is 0 Å². The van der Waals surface area contributed by atoms with Crippen molar-refractivity contribution in [2.24, 2.45) is 0 Å². The van der Waals surface area contributed by atoms with Gasteiger partial charge in [-0.2, -0.15) is 0 Å². The molecule has 6 heteroatoms. The Morgan fingerprint density at radius 2 is 0.733 bits per heavy atom. The molecule has 0 aliphatic heterocycles. The van der Waals surface area contributed by atoms with Crippen LogP contribution < -0.4 is 0 Å². The van der Waals surface area contributed by atoms with E-state index in [1.165, 1.54) is 12.1 Å². The molecule has 0 atom stereocenters. The maximum absolute atomic E-state index is 12.9. The number of benzene rings is 4. The van der Waals surface area contributed by atoms with Gasteiger partial charge < -0.3 is 0 Å². The van der Waals surface area contributed by atoms with Gasteiger partial charge in [0.2, 0.25) is 19.7 Å². The lowest BCUT2D eigenvalue weighted by Crippen LogP contribution is -2.03. The molecule has 0 radical (unpaired) electrons. The van der Waals surface area contributed by atoms with E-state index in [0.717, 1.165) is 11.1 Å². The molecule has 0 aromatic heterocycles. The average Bonchev–Trinajstić information content (AvgIpc) is 2.73. The Morgan fingerprint density at radius 1 is 0.433 bits per heavy atom. The van der Waals surface area contributed by atoms with Crippen LogP contribution in [0.1, 0.15) is 11.1 Å². The van der Waals surface area contributed by atoms with Crippen molar-refractivity contribution >= 4 is 30.4 Å². The van der Waals surface area contributed by atoms with Crippen molar-refractivity contribution in [3.05, 3.63) is 96.1 Å². The van der Waals surface area contributed by atoms with Gasteiger partial charge in [-0.1, -0.05) is 47.5 Å². The molecule has 4 aromatic rings. The molecule has 0 saturated carbocycles. The van der Waals surface area contributed by atoms with Crippen LogP contribution in [0.5, 0.6) is 0 Å². The molecular weight excluding hydrogens is 416 g/mol. The quantitative estimate of drug-likeness (QED) is 0.445. The van der Waals surface area contributed by atoms with Crippen LogP contribution in [0.25, 0.3) is 10.8 Å². The lowest BCUT2D eigenvalue weighted by Gasteiger charge is -2.09. The zero-order valence-corrected chi connectivity index (χ0v) is 18.2. The van der Waals surface area contributed by atoms with E-state index in [0.29, 0.717) is 10.8 Å². The summed E-state index contributed by atoms with van der Waals surface area (Å²) in [6.07, 6.45) is 0. The fourth-order valence-corrected chi connectivity index (χ4v) is 5.83. The number of rotatable bonds is 4. The predicted molar refractivity (Wildman–Crippen MR) is 117 cm³/mol. The van der Waals surface area contributed by atoms with Crippen LogP contribution in [0.15, 0.2) is 105 Å². The first kappa shape index (κ1) is 20.3. The Morgan fingerprint density at radius 3 is 1.07 bits per heavy atom. The van der Waals surface area contributed by atoms with E-state index in [1.807, 2.05) is 13.8 Å². The SMILES string of the molecule is Cc1ccc(S(=O)(=O)c2ccc3cc(S(=O)(=O)c4ccc(C)cc4)ccc3c2)cc1. The second-order valence-electron chi connectivity index (χ2n) is 7.30. The van der Waals surface area contributed by atoms with Crippen molar-refractivity contribution in [3.63, 3.8) is 0 Å². The number of hydrogen-bond acceptors (Lipinski definition) is 4. The maximum Gasteiger partial charge on any atom is 0.206 e. The highest BCUT2D eigenvalue weighted by atomic mass is 32.2. The van der Waals surface area contributed by atoms with Crippen molar-refractivity contribution in [2.45, 2.75) is 33.4 Å². The van der Waals surface area contributed by atoms with Crippen molar-refractivity contribution < 1.29 is 16.8 Å². The first-order valence-corrected chi connectivity index (χ1v) is 12.3. The van der Waals surface area contributed by atoms with E-state index in [2.05, 4.69) is 0 Å².